The van der Waals surface area contributed by atoms with Crippen LogP contribution in [0.2, 0.25) is 0 Å². The molecule has 0 aromatic rings. The van der Waals surface area contributed by atoms with Gasteiger partial charge in [0.15, 0.2) is 0 Å². The van der Waals surface area contributed by atoms with Crippen LogP contribution in [0.4, 0.5) is 0 Å². The van der Waals surface area contributed by atoms with Gasteiger partial charge < -0.3 is 4.90 Å². The molecule has 0 saturated carbocycles. The normalized spacial score (nSPS) is 24.4. The minimum atomic E-state index is 0.521. The fourth-order valence-electron chi connectivity index (χ4n) is 2.46. The number of piperidine rings is 1. The summed E-state index contributed by atoms with van der Waals surface area (Å²) in [6.07, 6.45) is 8.44. The van der Waals surface area contributed by atoms with E-state index in [4.69, 9.17) is 0 Å². The minimum absolute atomic E-state index is 0.521. The Morgan fingerprint density at radius 3 is 2.47 bits per heavy atom. The zero-order valence-electron chi connectivity index (χ0n) is 11.2. The number of hydrogen-bond acceptors (Lipinski definition) is 1. The monoisotopic (exact) mass is 211 g/mol. The summed E-state index contributed by atoms with van der Waals surface area (Å²) in [5.41, 5.74) is 0.521. The molecule has 0 aromatic heterocycles. The quantitative estimate of drug-likeness (QED) is 0.633. The summed E-state index contributed by atoms with van der Waals surface area (Å²) in [4.78, 5) is 2.69. The van der Waals surface area contributed by atoms with Crippen LogP contribution >= 0.6 is 0 Å². The van der Waals surface area contributed by atoms with Gasteiger partial charge in [-0.2, -0.15) is 0 Å². The molecule has 1 heterocycles. The second kappa shape index (κ2) is 5.89. The molecule has 0 spiro atoms. The Bertz CT molecular complexity index is 169. The summed E-state index contributed by atoms with van der Waals surface area (Å²) >= 11 is 0. The van der Waals surface area contributed by atoms with E-state index < -0.39 is 0 Å². The van der Waals surface area contributed by atoms with E-state index in [2.05, 4.69) is 32.6 Å². The maximum atomic E-state index is 2.69. The molecule has 15 heavy (non-hydrogen) atoms. The topological polar surface area (TPSA) is 3.24 Å². The molecule has 1 atom stereocenters. The molecule has 1 saturated heterocycles. The van der Waals surface area contributed by atoms with Crippen LogP contribution in [0, 0.1) is 5.41 Å². The van der Waals surface area contributed by atoms with Crippen LogP contribution in [0.25, 0.3) is 0 Å². The molecule has 1 heteroatoms. The average molecular weight is 211 g/mol. The third-order valence-electron chi connectivity index (χ3n) is 3.56. The second-order valence-electron chi connectivity index (χ2n) is 6.40. The maximum absolute atomic E-state index is 2.69. The van der Waals surface area contributed by atoms with E-state index in [1.165, 1.54) is 51.6 Å². The molecule has 0 bridgehead atoms. The summed E-state index contributed by atoms with van der Waals surface area (Å²) in [7, 11) is 0. The molecule has 1 aliphatic heterocycles. The SMILES string of the molecule is CC1CCCCN1CCCCC(C)(C)C. The van der Waals surface area contributed by atoms with Crippen LogP contribution in [0.1, 0.15) is 66.2 Å². The third kappa shape index (κ3) is 5.55. The highest BCUT2D eigenvalue weighted by Gasteiger charge is 2.17. The van der Waals surface area contributed by atoms with Crippen molar-refractivity contribution in [3.8, 4) is 0 Å². The zero-order valence-corrected chi connectivity index (χ0v) is 11.2. The van der Waals surface area contributed by atoms with Crippen LogP contribution in [0.3, 0.4) is 0 Å². The van der Waals surface area contributed by atoms with E-state index in [-0.39, 0.29) is 0 Å². The van der Waals surface area contributed by atoms with E-state index in [9.17, 15) is 0 Å². The molecule has 1 rings (SSSR count). The smallest absolute Gasteiger partial charge is 0.00669 e. The van der Waals surface area contributed by atoms with Gasteiger partial charge in [-0.25, -0.2) is 0 Å². The Balaban J connectivity index is 2.08. The van der Waals surface area contributed by atoms with Crippen LogP contribution in [-0.2, 0) is 0 Å². The molecule has 0 aromatic carbocycles. The molecule has 0 N–H and O–H groups in total. The zero-order chi connectivity index (χ0) is 11.3. The Hall–Kier alpha value is -0.0400. The van der Waals surface area contributed by atoms with Crippen molar-refractivity contribution in [1.29, 1.82) is 0 Å². The molecule has 1 aliphatic rings. The standard InChI is InChI=1S/C14H29N/c1-13-9-5-7-11-15(13)12-8-6-10-14(2,3)4/h13H,5-12H2,1-4H3. The summed E-state index contributed by atoms with van der Waals surface area (Å²) < 4.78 is 0. The largest absolute Gasteiger partial charge is 0.301 e. The Morgan fingerprint density at radius 2 is 1.87 bits per heavy atom. The Kier molecular flexibility index (Phi) is 5.11. The van der Waals surface area contributed by atoms with Gasteiger partial charge in [0.1, 0.15) is 0 Å². The number of likely N-dealkylation sites (tertiary alicyclic amines) is 1. The van der Waals surface area contributed by atoms with Crippen molar-refractivity contribution >= 4 is 0 Å². The first-order valence-electron chi connectivity index (χ1n) is 6.73. The molecule has 0 radical (unpaired) electrons. The van der Waals surface area contributed by atoms with Crippen LogP contribution in [0.5, 0.6) is 0 Å². The molecule has 1 nitrogen and oxygen atoms in total. The maximum Gasteiger partial charge on any atom is 0.00669 e. The van der Waals surface area contributed by atoms with Crippen molar-refractivity contribution in [2.24, 2.45) is 5.41 Å². The molecule has 1 unspecified atom stereocenters. The summed E-state index contributed by atoms with van der Waals surface area (Å²) in [6.45, 7) is 12.1. The van der Waals surface area contributed by atoms with Gasteiger partial charge >= 0.3 is 0 Å². The van der Waals surface area contributed by atoms with E-state index in [1.54, 1.807) is 0 Å². The third-order valence-corrected chi connectivity index (χ3v) is 3.56. The van der Waals surface area contributed by atoms with E-state index >= 15 is 0 Å². The predicted molar refractivity (Wildman–Crippen MR) is 68.2 cm³/mol. The number of rotatable bonds is 4. The van der Waals surface area contributed by atoms with Crippen molar-refractivity contribution in [3.05, 3.63) is 0 Å². The summed E-state index contributed by atoms with van der Waals surface area (Å²) in [6, 6.07) is 0.841. The fourth-order valence-corrected chi connectivity index (χ4v) is 2.46. The van der Waals surface area contributed by atoms with Crippen molar-refractivity contribution in [3.63, 3.8) is 0 Å². The first kappa shape index (κ1) is 13.0. The van der Waals surface area contributed by atoms with Gasteiger partial charge in [-0.3, -0.25) is 0 Å². The molecule has 90 valence electrons. The summed E-state index contributed by atoms with van der Waals surface area (Å²) in [5, 5.41) is 0. The van der Waals surface area contributed by atoms with Gasteiger partial charge in [0.2, 0.25) is 0 Å². The predicted octanol–water partition coefficient (Wildman–Crippen LogP) is 4.08. The molecular formula is C14H29N. The Morgan fingerprint density at radius 1 is 1.13 bits per heavy atom. The van der Waals surface area contributed by atoms with Gasteiger partial charge in [0.05, 0.1) is 0 Å². The van der Waals surface area contributed by atoms with Gasteiger partial charge in [0, 0.05) is 6.04 Å². The second-order valence-corrected chi connectivity index (χ2v) is 6.40. The van der Waals surface area contributed by atoms with Crippen molar-refractivity contribution in [2.45, 2.75) is 72.3 Å². The number of nitrogens with zero attached hydrogens (tertiary/aromatic N) is 1. The van der Waals surface area contributed by atoms with Crippen LogP contribution < -0.4 is 0 Å². The van der Waals surface area contributed by atoms with Gasteiger partial charge in [-0.15, -0.1) is 0 Å². The van der Waals surface area contributed by atoms with Crippen molar-refractivity contribution < 1.29 is 0 Å². The lowest BCUT2D eigenvalue weighted by molar-refractivity contribution is 0.155. The lowest BCUT2D eigenvalue weighted by Crippen LogP contribution is -2.38. The average Bonchev–Trinajstić information content (AvgIpc) is 2.13. The molecule has 1 fully saturated rings. The fraction of sp³-hybridized carbons (Fsp3) is 1.00. The van der Waals surface area contributed by atoms with E-state index in [1.807, 2.05) is 0 Å². The van der Waals surface area contributed by atoms with Gasteiger partial charge in [-0.1, -0.05) is 33.6 Å². The van der Waals surface area contributed by atoms with Gasteiger partial charge in [-0.05, 0) is 51.1 Å². The molecule has 0 amide bonds. The Labute approximate surface area is 96.2 Å². The molecular weight excluding hydrogens is 182 g/mol. The molecule has 0 aliphatic carbocycles. The summed E-state index contributed by atoms with van der Waals surface area (Å²) in [5.74, 6) is 0. The number of unbranched alkanes of at least 4 members (excludes halogenated alkanes) is 1. The van der Waals surface area contributed by atoms with E-state index in [0.29, 0.717) is 5.41 Å². The highest BCUT2D eigenvalue weighted by Crippen LogP contribution is 2.22. The van der Waals surface area contributed by atoms with Gasteiger partial charge in [0.25, 0.3) is 0 Å². The highest BCUT2D eigenvalue weighted by molar-refractivity contribution is 4.73. The van der Waals surface area contributed by atoms with Crippen LogP contribution in [0.15, 0.2) is 0 Å². The lowest BCUT2D eigenvalue weighted by Gasteiger charge is -2.33. The first-order chi connectivity index (χ1) is 6.99. The lowest BCUT2D eigenvalue weighted by atomic mass is 9.90. The number of hydrogen-bond donors (Lipinski definition) is 0. The van der Waals surface area contributed by atoms with Crippen LogP contribution in [-0.4, -0.2) is 24.0 Å². The van der Waals surface area contributed by atoms with Crippen molar-refractivity contribution in [1.82, 2.24) is 4.90 Å². The van der Waals surface area contributed by atoms with E-state index in [0.717, 1.165) is 6.04 Å². The highest BCUT2D eigenvalue weighted by atomic mass is 15.1. The minimum Gasteiger partial charge on any atom is -0.301 e. The first-order valence-corrected chi connectivity index (χ1v) is 6.73. The van der Waals surface area contributed by atoms with Crippen molar-refractivity contribution in [2.75, 3.05) is 13.1 Å².